The fourth-order valence-electron chi connectivity index (χ4n) is 1.42. The summed E-state index contributed by atoms with van der Waals surface area (Å²) >= 11 is 0. The summed E-state index contributed by atoms with van der Waals surface area (Å²) < 4.78 is 0. The van der Waals surface area contributed by atoms with E-state index in [1.165, 1.54) is 18.4 Å². The molecule has 2 N–H and O–H groups in total. The van der Waals surface area contributed by atoms with Crippen molar-refractivity contribution in [1.29, 1.82) is 0 Å². The number of hydrazine groups is 1. The minimum absolute atomic E-state index is 0.538. The Morgan fingerprint density at radius 2 is 2.14 bits per heavy atom. The minimum Gasteiger partial charge on any atom is -0.318 e. The van der Waals surface area contributed by atoms with E-state index in [4.69, 9.17) is 5.84 Å². The van der Waals surface area contributed by atoms with Gasteiger partial charge < -0.3 is 5.01 Å². The maximum atomic E-state index is 5.91. The Morgan fingerprint density at radius 3 is 2.57 bits per heavy atom. The Bertz CT molecular complexity index is 224. The molecule has 0 aromatic heterocycles. The highest BCUT2D eigenvalue weighted by atomic mass is 15.4. The van der Waals surface area contributed by atoms with Crippen LogP contribution in [0.1, 0.15) is 33.6 Å². The Kier molecular flexibility index (Phi) is 4.21. The molecule has 1 rings (SSSR count). The van der Waals surface area contributed by atoms with Gasteiger partial charge in [0.15, 0.2) is 0 Å². The molecule has 1 saturated carbocycles. The maximum Gasteiger partial charge on any atom is 0.0363 e. The molecule has 0 amide bonds. The quantitative estimate of drug-likeness (QED) is 0.414. The molecule has 80 valence electrons. The zero-order valence-corrected chi connectivity index (χ0v) is 9.53. The van der Waals surface area contributed by atoms with Crippen LogP contribution in [0, 0.1) is 11.8 Å². The monoisotopic (exact) mass is 194 g/mol. The van der Waals surface area contributed by atoms with Crippen LogP contribution in [-0.2, 0) is 0 Å². The van der Waals surface area contributed by atoms with Crippen molar-refractivity contribution >= 4 is 0 Å². The molecular weight excluding hydrogens is 172 g/mol. The zero-order chi connectivity index (χ0) is 10.6. The predicted molar refractivity (Wildman–Crippen MR) is 61.4 cm³/mol. The molecule has 1 aliphatic rings. The van der Waals surface area contributed by atoms with Gasteiger partial charge in [-0.15, -0.1) is 0 Å². The lowest BCUT2D eigenvalue weighted by atomic mass is 10.0. The first-order valence-corrected chi connectivity index (χ1v) is 5.49. The summed E-state index contributed by atoms with van der Waals surface area (Å²) in [4.78, 5) is 0. The molecule has 14 heavy (non-hydrogen) atoms. The molecule has 0 unspecified atom stereocenters. The number of hydrogen-bond acceptors (Lipinski definition) is 2. The standard InChI is InChI=1S/C12H22N2/c1-4-5-12(10(2)3)9-14(13)8-11-6-7-11/h4-5,9-11H,6-8,13H2,1-3H3/b5-4-,12-9+. The summed E-state index contributed by atoms with van der Waals surface area (Å²) in [6, 6.07) is 0. The second-order valence-corrected chi connectivity index (χ2v) is 4.42. The van der Waals surface area contributed by atoms with Gasteiger partial charge in [0.05, 0.1) is 0 Å². The van der Waals surface area contributed by atoms with Crippen LogP contribution < -0.4 is 5.84 Å². The van der Waals surface area contributed by atoms with Gasteiger partial charge in [0.25, 0.3) is 0 Å². The van der Waals surface area contributed by atoms with Gasteiger partial charge in [-0.1, -0.05) is 26.0 Å². The molecule has 2 nitrogen and oxygen atoms in total. The highest BCUT2D eigenvalue weighted by Gasteiger charge is 2.22. The van der Waals surface area contributed by atoms with Crippen LogP contribution in [0.2, 0.25) is 0 Å². The topological polar surface area (TPSA) is 29.3 Å². The second kappa shape index (κ2) is 5.20. The van der Waals surface area contributed by atoms with E-state index in [0.717, 1.165) is 12.5 Å². The lowest BCUT2D eigenvalue weighted by Gasteiger charge is -2.16. The van der Waals surface area contributed by atoms with Crippen LogP contribution in [0.5, 0.6) is 0 Å². The second-order valence-electron chi connectivity index (χ2n) is 4.42. The van der Waals surface area contributed by atoms with Gasteiger partial charge in [-0.05, 0) is 37.2 Å². The van der Waals surface area contributed by atoms with E-state index >= 15 is 0 Å². The van der Waals surface area contributed by atoms with E-state index < -0.39 is 0 Å². The fourth-order valence-corrected chi connectivity index (χ4v) is 1.42. The Morgan fingerprint density at radius 1 is 1.50 bits per heavy atom. The summed E-state index contributed by atoms with van der Waals surface area (Å²) in [6.45, 7) is 7.43. The predicted octanol–water partition coefficient (Wildman–Crippen LogP) is 2.69. The number of allylic oxidation sites excluding steroid dienone is 3. The van der Waals surface area contributed by atoms with E-state index in [1.54, 1.807) is 0 Å². The first kappa shape index (κ1) is 11.3. The highest BCUT2D eigenvalue weighted by molar-refractivity contribution is 5.19. The molecule has 2 heteroatoms. The summed E-state index contributed by atoms with van der Waals surface area (Å²) in [6.07, 6.45) is 8.97. The largest absolute Gasteiger partial charge is 0.318 e. The molecular formula is C12H22N2. The average Bonchev–Trinajstić information content (AvgIpc) is 2.87. The first-order chi connectivity index (χ1) is 6.63. The van der Waals surface area contributed by atoms with E-state index in [9.17, 15) is 0 Å². The first-order valence-electron chi connectivity index (χ1n) is 5.49. The summed E-state index contributed by atoms with van der Waals surface area (Å²) in [5.74, 6) is 7.29. The minimum atomic E-state index is 0.538. The van der Waals surface area contributed by atoms with Crippen LogP contribution in [-0.4, -0.2) is 11.6 Å². The van der Waals surface area contributed by atoms with Crippen molar-refractivity contribution in [2.24, 2.45) is 17.7 Å². The lowest BCUT2D eigenvalue weighted by molar-refractivity contribution is 0.370. The molecule has 0 aliphatic heterocycles. The number of rotatable bonds is 5. The van der Waals surface area contributed by atoms with Crippen LogP contribution >= 0.6 is 0 Å². The molecule has 0 aromatic carbocycles. The van der Waals surface area contributed by atoms with Crippen LogP contribution in [0.4, 0.5) is 0 Å². The van der Waals surface area contributed by atoms with Gasteiger partial charge in [0.2, 0.25) is 0 Å². The van der Waals surface area contributed by atoms with Gasteiger partial charge in [-0.2, -0.15) is 0 Å². The van der Waals surface area contributed by atoms with Gasteiger partial charge in [-0.25, -0.2) is 5.84 Å². The highest BCUT2D eigenvalue weighted by Crippen LogP contribution is 2.29. The Hall–Kier alpha value is -0.760. The molecule has 0 atom stereocenters. The van der Waals surface area contributed by atoms with E-state index in [1.807, 2.05) is 11.9 Å². The summed E-state index contributed by atoms with van der Waals surface area (Å²) in [5.41, 5.74) is 1.30. The smallest absolute Gasteiger partial charge is 0.0363 e. The van der Waals surface area contributed by atoms with Crippen molar-refractivity contribution in [3.8, 4) is 0 Å². The molecule has 0 bridgehead atoms. The number of nitrogens with zero attached hydrogens (tertiary/aromatic N) is 1. The van der Waals surface area contributed by atoms with Crippen LogP contribution in [0.3, 0.4) is 0 Å². The Labute approximate surface area is 87.4 Å². The normalized spacial score (nSPS) is 18.2. The molecule has 1 aliphatic carbocycles. The zero-order valence-electron chi connectivity index (χ0n) is 9.53. The van der Waals surface area contributed by atoms with Crippen molar-refractivity contribution in [1.82, 2.24) is 5.01 Å². The third-order valence-corrected chi connectivity index (χ3v) is 2.51. The average molecular weight is 194 g/mol. The molecule has 0 heterocycles. The van der Waals surface area contributed by atoms with Crippen LogP contribution in [0.15, 0.2) is 23.9 Å². The fraction of sp³-hybridized carbons (Fsp3) is 0.667. The maximum absolute atomic E-state index is 5.91. The molecule has 0 radical (unpaired) electrons. The molecule has 0 saturated heterocycles. The van der Waals surface area contributed by atoms with Crippen molar-refractivity contribution < 1.29 is 0 Å². The van der Waals surface area contributed by atoms with E-state index in [-0.39, 0.29) is 0 Å². The number of hydrogen-bond donors (Lipinski definition) is 1. The number of nitrogens with two attached hydrogens (primary N) is 1. The summed E-state index contributed by atoms with van der Waals surface area (Å²) in [7, 11) is 0. The van der Waals surface area contributed by atoms with Crippen molar-refractivity contribution in [3.63, 3.8) is 0 Å². The lowest BCUT2D eigenvalue weighted by Crippen LogP contribution is -2.28. The van der Waals surface area contributed by atoms with Crippen molar-refractivity contribution in [3.05, 3.63) is 23.9 Å². The SMILES string of the molecule is C/C=C\C(=C/N(N)CC1CC1)C(C)C. The van der Waals surface area contributed by atoms with Crippen molar-refractivity contribution in [2.75, 3.05) is 6.54 Å². The van der Waals surface area contributed by atoms with Gasteiger partial charge in [0, 0.05) is 12.7 Å². The summed E-state index contributed by atoms with van der Waals surface area (Å²) in [5, 5.41) is 1.84. The van der Waals surface area contributed by atoms with Crippen LogP contribution in [0.25, 0.3) is 0 Å². The van der Waals surface area contributed by atoms with Gasteiger partial charge in [0.1, 0.15) is 0 Å². The van der Waals surface area contributed by atoms with Gasteiger partial charge >= 0.3 is 0 Å². The van der Waals surface area contributed by atoms with E-state index in [0.29, 0.717) is 5.92 Å². The molecule has 0 aromatic rings. The molecule has 0 spiro atoms. The van der Waals surface area contributed by atoms with Crippen molar-refractivity contribution in [2.45, 2.75) is 33.6 Å². The third-order valence-electron chi connectivity index (χ3n) is 2.51. The third kappa shape index (κ3) is 3.97. The van der Waals surface area contributed by atoms with E-state index in [2.05, 4.69) is 32.2 Å². The molecule has 1 fully saturated rings. The Balaban J connectivity index is 2.50. The van der Waals surface area contributed by atoms with Gasteiger partial charge in [-0.3, -0.25) is 0 Å².